The number of hydrogen-bond acceptors (Lipinski definition) is 3. The number of aromatic amines is 1. The Kier molecular flexibility index (Phi) is 2.78. The number of aromatic nitrogens is 2. The molecule has 17 heavy (non-hydrogen) atoms. The molecule has 2 rings (SSSR count). The van der Waals surface area contributed by atoms with Crippen molar-refractivity contribution in [3.05, 3.63) is 33.8 Å². The first-order valence-electron chi connectivity index (χ1n) is 5.06. The van der Waals surface area contributed by atoms with Crippen LogP contribution in [0.15, 0.2) is 12.1 Å². The third-order valence-corrected chi connectivity index (χ3v) is 3.34. The summed E-state index contributed by atoms with van der Waals surface area (Å²) >= 11 is 6.19. The van der Waals surface area contributed by atoms with E-state index in [2.05, 4.69) is 10.2 Å². The highest BCUT2D eigenvalue weighted by Gasteiger charge is 2.15. The number of benzene rings is 1. The molecule has 0 saturated carbocycles. The largest absolute Gasteiger partial charge is 0.381 e. The van der Waals surface area contributed by atoms with Crippen molar-refractivity contribution >= 4 is 17.4 Å². The number of H-pyrrole nitrogens is 1. The highest BCUT2D eigenvalue weighted by Crippen LogP contribution is 2.32. The number of anilines is 1. The van der Waals surface area contributed by atoms with E-state index >= 15 is 0 Å². The Morgan fingerprint density at radius 3 is 2.76 bits per heavy atom. The van der Waals surface area contributed by atoms with Gasteiger partial charge in [-0.1, -0.05) is 23.7 Å². The fourth-order valence-electron chi connectivity index (χ4n) is 1.76. The first kappa shape index (κ1) is 11.5. The summed E-state index contributed by atoms with van der Waals surface area (Å²) in [6, 6.07) is 5.85. The summed E-state index contributed by atoms with van der Waals surface area (Å²) in [4.78, 5) is 0. The zero-order chi connectivity index (χ0) is 12.6. The SMILES string of the molecule is Cc1ccc(-c2[nH]nc(N)c2C#N)c(C)c1Cl. The van der Waals surface area contributed by atoms with E-state index in [1.807, 2.05) is 32.0 Å². The molecule has 5 heteroatoms. The monoisotopic (exact) mass is 246 g/mol. The summed E-state index contributed by atoms with van der Waals surface area (Å²) in [7, 11) is 0. The molecule has 2 aromatic rings. The molecule has 1 aromatic carbocycles. The van der Waals surface area contributed by atoms with Gasteiger partial charge in [0.25, 0.3) is 0 Å². The van der Waals surface area contributed by atoms with E-state index in [9.17, 15) is 0 Å². The number of nitriles is 1. The van der Waals surface area contributed by atoms with Crippen LogP contribution in [-0.2, 0) is 0 Å². The molecule has 4 nitrogen and oxygen atoms in total. The molecular formula is C12H11ClN4. The number of nitrogen functional groups attached to an aromatic ring is 1. The van der Waals surface area contributed by atoms with Gasteiger partial charge in [0.2, 0.25) is 0 Å². The second-order valence-electron chi connectivity index (χ2n) is 3.84. The zero-order valence-electron chi connectivity index (χ0n) is 9.50. The van der Waals surface area contributed by atoms with Crippen molar-refractivity contribution in [2.24, 2.45) is 0 Å². The van der Waals surface area contributed by atoms with Gasteiger partial charge in [0.1, 0.15) is 11.6 Å². The predicted molar refractivity (Wildman–Crippen MR) is 67.6 cm³/mol. The second-order valence-corrected chi connectivity index (χ2v) is 4.22. The molecule has 3 N–H and O–H groups in total. The lowest BCUT2D eigenvalue weighted by molar-refractivity contribution is 1.10. The van der Waals surface area contributed by atoms with Gasteiger partial charge >= 0.3 is 0 Å². The van der Waals surface area contributed by atoms with Crippen LogP contribution in [0.5, 0.6) is 0 Å². The van der Waals surface area contributed by atoms with Gasteiger partial charge in [-0.2, -0.15) is 10.4 Å². The predicted octanol–water partition coefficient (Wildman–Crippen LogP) is 2.80. The molecule has 0 radical (unpaired) electrons. The van der Waals surface area contributed by atoms with E-state index in [-0.39, 0.29) is 5.82 Å². The lowest BCUT2D eigenvalue weighted by atomic mass is 10.0. The number of hydrogen-bond donors (Lipinski definition) is 2. The van der Waals surface area contributed by atoms with E-state index in [1.54, 1.807) is 0 Å². The first-order chi connectivity index (χ1) is 8.06. The van der Waals surface area contributed by atoms with Crippen molar-refractivity contribution in [1.29, 1.82) is 5.26 Å². The summed E-state index contributed by atoms with van der Waals surface area (Å²) in [6.07, 6.45) is 0. The minimum atomic E-state index is 0.207. The summed E-state index contributed by atoms with van der Waals surface area (Å²) in [6.45, 7) is 3.84. The van der Waals surface area contributed by atoms with Gasteiger partial charge in [-0.3, -0.25) is 5.10 Å². The molecule has 0 saturated heterocycles. The Hall–Kier alpha value is -1.99. The average molecular weight is 247 g/mol. The number of nitrogens with one attached hydrogen (secondary N) is 1. The van der Waals surface area contributed by atoms with E-state index < -0.39 is 0 Å². The highest BCUT2D eigenvalue weighted by atomic mass is 35.5. The summed E-state index contributed by atoms with van der Waals surface area (Å²) < 4.78 is 0. The molecule has 1 heterocycles. The van der Waals surface area contributed by atoms with E-state index in [1.165, 1.54) is 0 Å². The van der Waals surface area contributed by atoms with Crippen LogP contribution >= 0.6 is 11.6 Å². The molecule has 0 spiro atoms. The second kappa shape index (κ2) is 4.11. The Morgan fingerprint density at radius 1 is 1.41 bits per heavy atom. The number of nitrogens with zero attached hydrogens (tertiary/aromatic N) is 2. The van der Waals surface area contributed by atoms with Crippen molar-refractivity contribution in [3.63, 3.8) is 0 Å². The van der Waals surface area contributed by atoms with Crippen molar-refractivity contribution in [2.75, 3.05) is 5.73 Å². The molecule has 0 atom stereocenters. The molecule has 0 aliphatic heterocycles. The Morgan fingerprint density at radius 2 is 2.12 bits per heavy atom. The number of aryl methyl sites for hydroxylation is 1. The number of rotatable bonds is 1. The summed E-state index contributed by atoms with van der Waals surface area (Å²) in [5, 5.41) is 16.4. The van der Waals surface area contributed by atoms with Gasteiger partial charge in [-0.15, -0.1) is 0 Å². The van der Waals surface area contributed by atoms with Crippen molar-refractivity contribution in [2.45, 2.75) is 13.8 Å². The van der Waals surface area contributed by atoms with Gasteiger partial charge in [0, 0.05) is 10.6 Å². The van der Waals surface area contributed by atoms with Crippen molar-refractivity contribution < 1.29 is 0 Å². The lowest BCUT2D eigenvalue weighted by Gasteiger charge is -2.08. The Labute approximate surface area is 104 Å². The van der Waals surface area contributed by atoms with E-state index in [0.29, 0.717) is 16.3 Å². The fourth-order valence-corrected chi connectivity index (χ4v) is 1.92. The quantitative estimate of drug-likeness (QED) is 0.812. The van der Waals surface area contributed by atoms with Crippen LogP contribution in [-0.4, -0.2) is 10.2 Å². The first-order valence-corrected chi connectivity index (χ1v) is 5.44. The maximum atomic E-state index is 9.04. The molecule has 0 bridgehead atoms. The molecule has 1 aromatic heterocycles. The summed E-state index contributed by atoms with van der Waals surface area (Å²) in [5.41, 5.74) is 9.34. The van der Waals surface area contributed by atoms with E-state index in [0.717, 1.165) is 16.7 Å². The van der Waals surface area contributed by atoms with Gasteiger partial charge in [0.05, 0.1) is 5.69 Å². The Bertz CT molecular complexity index is 622. The average Bonchev–Trinajstić information content (AvgIpc) is 2.67. The molecule has 0 fully saturated rings. The van der Waals surface area contributed by atoms with Crippen LogP contribution in [0.25, 0.3) is 11.3 Å². The molecule has 0 aliphatic rings. The molecule has 0 aliphatic carbocycles. The smallest absolute Gasteiger partial charge is 0.163 e. The van der Waals surface area contributed by atoms with Gasteiger partial charge < -0.3 is 5.73 Å². The lowest BCUT2D eigenvalue weighted by Crippen LogP contribution is -1.91. The minimum Gasteiger partial charge on any atom is -0.381 e. The molecule has 0 unspecified atom stereocenters. The number of nitrogens with two attached hydrogens (primary N) is 1. The normalized spacial score (nSPS) is 10.2. The zero-order valence-corrected chi connectivity index (χ0v) is 10.3. The third kappa shape index (κ3) is 1.75. The van der Waals surface area contributed by atoms with Crippen molar-refractivity contribution in [1.82, 2.24) is 10.2 Å². The topological polar surface area (TPSA) is 78.5 Å². The summed E-state index contributed by atoms with van der Waals surface area (Å²) in [5.74, 6) is 0.207. The highest BCUT2D eigenvalue weighted by molar-refractivity contribution is 6.32. The van der Waals surface area contributed by atoms with Crippen LogP contribution in [0.1, 0.15) is 16.7 Å². The molecule has 86 valence electrons. The van der Waals surface area contributed by atoms with Gasteiger partial charge in [-0.05, 0) is 25.0 Å². The maximum Gasteiger partial charge on any atom is 0.163 e. The van der Waals surface area contributed by atoms with Crippen LogP contribution in [0.3, 0.4) is 0 Å². The van der Waals surface area contributed by atoms with Gasteiger partial charge in [0.15, 0.2) is 5.82 Å². The van der Waals surface area contributed by atoms with Crippen LogP contribution in [0.2, 0.25) is 5.02 Å². The van der Waals surface area contributed by atoms with Gasteiger partial charge in [-0.25, -0.2) is 0 Å². The molecule has 0 amide bonds. The number of halogens is 1. The van der Waals surface area contributed by atoms with Crippen LogP contribution < -0.4 is 5.73 Å². The Balaban J connectivity index is 2.70. The van der Waals surface area contributed by atoms with Crippen LogP contribution in [0, 0.1) is 25.2 Å². The van der Waals surface area contributed by atoms with Crippen molar-refractivity contribution in [3.8, 4) is 17.3 Å². The van der Waals surface area contributed by atoms with Crippen LogP contribution in [0.4, 0.5) is 5.82 Å². The third-order valence-electron chi connectivity index (χ3n) is 2.75. The molecular weight excluding hydrogens is 236 g/mol. The van der Waals surface area contributed by atoms with E-state index in [4.69, 9.17) is 22.6 Å². The fraction of sp³-hybridized carbons (Fsp3) is 0.167. The maximum absolute atomic E-state index is 9.04. The minimum absolute atomic E-state index is 0.207. The standard InChI is InChI=1S/C12H11ClN4/c1-6-3-4-8(7(2)10(6)13)11-9(5-14)12(15)17-16-11/h3-4H,1-2H3,(H3,15,16,17).